The van der Waals surface area contributed by atoms with Crippen molar-refractivity contribution < 1.29 is 4.42 Å². The molecular weight excluding hydrogens is 210 g/mol. The van der Waals surface area contributed by atoms with Crippen LogP contribution in [0.15, 0.2) is 16.7 Å². The minimum absolute atomic E-state index is 0.386. The molecule has 1 heterocycles. The number of terminal acetylenes is 1. The van der Waals surface area contributed by atoms with Gasteiger partial charge in [0.2, 0.25) is 0 Å². The van der Waals surface area contributed by atoms with E-state index in [9.17, 15) is 0 Å². The van der Waals surface area contributed by atoms with Gasteiger partial charge in [-0.25, -0.2) is 0 Å². The normalized spacial score (nSPS) is 12.3. The summed E-state index contributed by atoms with van der Waals surface area (Å²) in [6, 6.07) is 2.47. The molecule has 0 radical (unpaired) electrons. The highest BCUT2D eigenvalue weighted by atomic mass is 16.3. The zero-order valence-corrected chi connectivity index (χ0v) is 11.0. The molecule has 0 fully saturated rings. The lowest BCUT2D eigenvalue weighted by molar-refractivity contribution is 0.460. The molecule has 1 unspecified atom stereocenters. The Labute approximate surface area is 105 Å². The largest absolute Gasteiger partial charge is 0.469 e. The molecule has 0 aliphatic rings. The average molecular weight is 233 g/mol. The van der Waals surface area contributed by atoms with Gasteiger partial charge in [0.05, 0.1) is 6.26 Å². The highest BCUT2D eigenvalue weighted by molar-refractivity contribution is 5.21. The molecule has 0 saturated carbocycles. The Morgan fingerprint density at radius 1 is 1.47 bits per heavy atom. The zero-order chi connectivity index (χ0) is 12.5. The topological polar surface area (TPSA) is 25.2 Å². The van der Waals surface area contributed by atoms with E-state index in [0.29, 0.717) is 6.04 Å². The van der Waals surface area contributed by atoms with E-state index in [1.807, 2.05) is 0 Å². The van der Waals surface area contributed by atoms with E-state index in [1.54, 1.807) is 6.26 Å². The maximum absolute atomic E-state index is 5.50. The number of unbranched alkanes of at least 4 members (excludes halogenated alkanes) is 1. The van der Waals surface area contributed by atoms with E-state index < -0.39 is 0 Å². The first kappa shape index (κ1) is 13.9. The molecule has 0 amide bonds. The number of hydrogen-bond donors (Lipinski definition) is 1. The first-order valence-corrected chi connectivity index (χ1v) is 6.56. The predicted molar refractivity (Wildman–Crippen MR) is 71.8 cm³/mol. The Bertz CT molecular complexity index is 348. The third kappa shape index (κ3) is 4.28. The van der Waals surface area contributed by atoms with Crippen molar-refractivity contribution in [2.45, 2.75) is 52.0 Å². The van der Waals surface area contributed by atoms with Gasteiger partial charge in [0.1, 0.15) is 5.76 Å². The van der Waals surface area contributed by atoms with Crippen molar-refractivity contribution in [1.82, 2.24) is 5.32 Å². The Morgan fingerprint density at radius 3 is 2.94 bits per heavy atom. The summed E-state index contributed by atoms with van der Waals surface area (Å²) in [5.41, 5.74) is 1.30. The van der Waals surface area contributed by atoms with Crippen molar-refractivity contribution in [2.24, 2.45) is 0 Å². The third-order valence-electron chi connectivity index (χ3n) is 2.93. The molecule has 1 aromatic heterocycles. The zero-order valence-electron chi connectivity index (χ0n) is 11.0. The second-order valence-corrected chi connectivity index (χ2v) is 4.26. The summed E-state index contributed by atoms with van der Waals surface area (Å²) in [7, 11) is 0. The van der Waals surface area contributed by atoms with Gasteiger partial charge in [-0.05, 0) is 31.9 Å². The molecule has 0 aliphatic heterocycles. The highest BCUT2D eigenvalue weighted by Crippen LogP contribution is 2.24. The second-order valence-electron chi connectivity index (χ2n) is 4.26. The van der Waals surface area contributed by atoms with Gasteiger partial charge in [0.25, 0.3) is 0 Å². The third-order valence-corrected chi connectivity index (χ3v) is 2.93. The predicted octanol–water partition coefficient (Wildman–Crippen LogP) is 3.69. The number of furan rings is 1. The molecule has 0 spiro atoms. The van der Waals surface area contributed by atoms with Crippen LogP contribution in [0.4, 0.5) is 0 Å². The van der Waals surface area contributed by atoms with Crippen LogP contribution in [0.1, 0.15) is 56.9 Å². The molecule has 17 heavy (non-hydrogen) atoms. The maximum atomic E-state index is 5.50. The molecular formula is C15H23NO. The van der Waals surface area contributed by atoms with Gasteiger partial charge in [0.15, 0.2) is 0 Å². The molecule has 1 N–H and O–H groups in total. The summed E-state index contributed by atoms with van der Waals surface area (Å²) >= 11 is 0. The van der Waals surface area contributed by atoms with Gasteiger partial charge in [-0.15, -0.1) is 12.3 Å². The van der Waals surface area contributed by atoms with E-state index in [-0.39, 0.29) is 0 Å². The number of aryl methyl sites for hydroxylation is 1. The summed E-state index contributed by atoms with van der Waals surface area (Å²) in [4.78, 5) is 0. The van der Waals surface area contributed by atoms with Crippen LogP contribution in [0.2, 0.25) is 0 Å². The van der Waals surface area contributed by atoms with Gasteiger partial charge in [-0.2, -0.15) is 0 Å². The van der Waals surface area contributed by atoms with E-state index in [2.05, 4.69) is 31.2 Å². The lowest BCUT2D eigenvalue weighted by Crippen LogP contribution is -2.22. The smallest absolute Gasteiger partial charge is 0.108 e. The first-order chi connectivity index (χ1) is 8.33. The molecule has 1 atom stereocenters. The molecule has 1 rings (SSSR count). The lowest BCUT2D eigenvalue weighted by atomic mass is 10.0. The standard InChI is InChI=1S/C15H23NO/c1-4-7-8-9-14(16-11-5-2)13-10-12-17-15(13)6-3/h1,10,12,14,16H,5-9,11H2,2-3H3. The molecule has 0 bridgehead atoms. The average Bonchev–Trinajstić information content (AvgIpc) is 2.81. The van der Waals surface area contributed by atoms with Crippen LogP contribution in [0.25, 0.3) is 0 Å². The quantitative estimate of drug-likeness (QED) is 0.547. The van der Waals surface area contributed by atoms with Crippen LogP contribution in [0.3, 0.4) is 0 Å². The Kier molecular flexibility index (Phi) is 6.50. The van der Waals surface area contributed by atoms with E-state index in [1.165, 1.54) is 5.56 Å². The molecule has 0 aliphatic carbocycles. The fourth-order valence-electron chi connectivity index (χ4n) is 2.04. The Hall–Kier alpha value is -1.20. The van der Waals surface area contributed by atoms with Crippen LogP contribution in [-0.2, 0) is 6.42 Å². The van der Waals surface area contributed by atoms with Crippen molar-refractivity contribution in [3.05, 3.63) is 23.7 Å². The summed E-state index contributed by atoms with van der Waals surface area (Å²) < 4.78 is 5.50. The van der Waals surface area contributed by atoms with E-state index in [0.717, 1.165) is 44.4 Å². The maximum Gasteiger partial charge on any atom is 0.108 e. The molecule has 94 valence electrons. The van der Waals surface area contributed by atoms with Gasteiger partial charge in [0, 0.05) is 24.4 Å². The monoisotopic (exact) mass is 233 g/mol. The Morgan fingerprint density at radius 2 is 2.29 bits per heavy atom. The van der Waals surface area contributed by atoms with E-state index >= 15 is 0 Å². The van der Waals surface area contributed by atoms with Crippen molar-refractivity contribution in [3.63, 3.8) is 0 Å². The summed E-state index contributed by atoms with van der Waals surface area (Å²) in [5.74, 6) is 3.80. The fourth-order valence-corrected chi connectivity index (χ4v) is 2.04. The van der Waals surface area contributed by atoms with Gasteiger partial charge in [-0.3, -0.25) is 0 Å². The van der Waals surface area contributed by atoms with Crippen LogP contribution in [0.5, 0.6) is 0 Å². The number of hydrogen-bond acceptors (Lipinski definition) is 2. The molecule has 1 aromatic rings. The summed E-state index contributed by atoms with van der Waals surface area (Å²) in [5, 5.41) is 3.58. The molecule has 0 aromatic carbocycles. The second kappa shape index (κ2) is 7.97. The summed E-state index contributed by atoms with van der Waals surface area (Å²) in [6.45, 7) is 5.34. The highest BCUT2D eigenvalue weighted by Gasteiger charge is 2.15. The van der Waals surface area contributed by atoms with Gasteiger partial charge in [-0.1, -0.05) is 13.8 Å². The van der Waals surface area contributed by atoms with Crippen molar-refractivity contribution in [1.29, 1.82) is 0 Å². The lowest BCUT2D eigenvalue weighted by Gasteiger charge is -2.18. The number of nitrogens with one attached hydrogen (secondary N) is 1. The molecule has 0 saturated heterocycles. The first-order valence-electron chi connectivity index (χ1n) is 6.56. The van der Waals surface area contributed by atoms with Gasteiger partial charge < -0.3 is 9.73 Å². The Balaban J connectivity index is 2.64. The molecule has 2 nitrogen and oxygen atoms in total. The fraction of sp³-hybridized carbons (Fsp3) is 0.600. The van der Waals surface area contributed by atoms with Crippen LogP contribution in [0, 0.1) is 12.3 Å². The van der Waals surface area contributed by atoms with Crippen molar-refractivity contribution in [2.75, 3.05) is 6.54 Å². The SMILES string of the molecule is C#CCCCC(NCCC)c1ccoc1CC. The van der Waals surface area contributed by atoms with Gasteiger partial charge >= 0.3 is 0 Å². The summed E-state index contributed by atoms with van der Waals surface area (Å²) in [6.07, 6.45) is 12.2. The minimum Gasteiger partial charge on any atom is -0.469 e. The van der Waals surface area contributed by atoms with E-state index in [4.69, 9.17) is 10.8 Å². The van der Waals surface area contributed by atoms with Crippen LogP contribution >= 0.6 is 0 Å². The van der Waals surface area contributed by atoms with Crippen LogP contribution < -0.4 is 5.32 Å². The number of rotatable bonds is 8. The van der Waals surface area contributed by atoms with Crippen molar-refractivity contribution in [3.8, 4) is 12.3 Å². The van der Waals surface area contributed by atoms with Crippen molar-refractivity contribution >= 4 is 0 Å². The molecule has 2 heteroatoms. The van der Waals surface area contributed by atoms with Crippen LogP contribution in [-0.4, -0.2) is 6.54 Å². The minimum atomic E-state index is 0.386.